The minimum Gasteiger partial charge on any atom is -0.328 e. The van der Waals surface area contributed by atoms with Crippen molar-refractivity contribution >= 4 is 8.69 Å². The van der Waals surface area contributed by atoms with Gasteiger partial charge in [0.05, 0.1) is 0 Å². The highest BCUT2D eigenvalue weighted by Gasteiger charge is 1.95. The number of nitrogens with two attached hydrogens (primary N) is 1. The summed E-state index contributed by atoms with van der Waals surface area (Å²) in [4.78, 5) is 0. The summed E-state index contributed by atoms with van der Waals surface area (Å²) in [6.07, 6.45) is 1.83. The minimum atomic E-state index is -0.630. The van der Waals surface area contributed by atoms with Crippen LogP contribution in [-0.4, -0.2) is 12.6 Å². The molecule has 9 heavy (non-hydrogen) atoms. The average Bonchev–Trinajstić information content (AvgIpc) is 1.80. The molecule has 0 amide bonds. The first-order valence-electron chi connectivity index (χ1n) is 3.02. The van der Waals surface area contributed by atoms with Gasteiger partial charge in [-0.25, -0.2) is 0 Å². The fourth-order valence-corrected chi connectivity index (χ4v) is 0.747. The lowest BCUT2D eigenvalue weighted by molar-refractivity contribution is 0.326. The van der Waals surface area contributed by atoms with Crippen LogP contribution in [0.3, 0.4) is 0 Å². The van der Waals surface area contributed by atoms with Gasteiger partial charge in [0.25, 0.3) is 0 Å². The van der Waals surface area contributed by atoms with E-state index in [9.17, 15) is 4.57 Å². The topological polar surface area (TPSA) is 52.3 Å². The zero-order valence-corrected chi connectivity index (χ0v) is 6.59. The van der Waals surface area contributed by atoms with Crippen molar-refractivity contribution in [2.24, 2.45) is 5.73 Å². The van der Waals surface area contributed by atoms with Crippen molar-refractivity contribution in [3.8, 4) is 0 Å². The molecule has 3 nitrogen and oxygen atoms in total. The van der Waals surface area contributed by atoms with Crippen LogP contribution in [0.1, 0.15) is 19.8 Å². The predicted octanol–water partition coefficient (Wildman–Crippen LogP) is 1.07. The summed E-state index contributed by atoms with van der Waals surface area (Å²) < 4.78 is 14.3. The van der Waals surface area contributed by atoms with Crippen LogP contribution >= 0.6 is 8.69 Å². The predicted molar refractivity (Wildman–Crippen MR) is 37.8 cm³/mol. The van der Waals surface area contributed by atoms with Gasteiger partial charge in [0, 0.05) is 6.04 Å². The van der Waals surface area contributed by atoms with Gasteiger partial charge in [0.1, 0.15) is 6.61 Å². The highest BCUT2D eigenvalue weighted by atomic mass is 31.1. The van der Waals surface area contributed by atoms with Gasteiger partial charge in [-0.2, -0.15) is 0 Å². The highest BCUT2D eigenvalue weighted by Crippen LogP contribution is 1.99. The smallest absolute Gasteiger partial charge is 0.328 e. The number of rotatable bonds is 5. The van der Waals surface area contributed by atoms with E-state index >= 15 is 0 Å². The lowest BCUT2D eigenvalue weighted by atomic mass is 10.2. The Morgan fingerprint density at radius 2 is 2.44 bits per heavy atom. The molecule has 0 aliphatic heterocycles. The molecule has 2 N–H and O–H groups in total. The molecule has 0 rings (SSSR count). The fraction of sp³-hybridized carbons (Fsp3) is 1.00. The van der Waals surface area contributed by atoms with Crippen LogP contribution in [0.15, 0.2) is 0 Å². The SMILES string of the molecule is CC(N)CCCO[PH+]=O. The summed E-state index contributed by atoms with van der Waals surface area (Å²) in [6, 6.07) is 0.226. The van der Waals surface area contributed by atoms with E-state index in [2.05, 4.69) is 4.52 Å². The molecule has 2 atom stereocenters. The van der Waals surface area contributed by atoms with Crippen molar-refractivity contribution < 1.29 is 9.09 Å². The van der Waals surface area contributed by atoms with Gasteiger partial charge in [-0.05, 0) is 24.3 Å². The monoisotopic (exact) mass is 150 g/mol. The molecule has 0 bridgehead atoms. The molecule has 0 heterocycles. The van der Waals surface area contributed by atoms with Crippen LogP contribution in [0.25, 0.3) is 0 Å². The maximum atomic E-state index is 9.75. The zero-order chi connectivity index (χ0) is 7.11. The summed E-state index contributed by atoms with van der Waals surface area (Å²) in [6.45, 7) is 2.50. The molecule has 54 valence electrons. The molecule has 0 aromatic carbocycles. The first kappa shape index (κ1) is 9.02. The van der Waals surface area contributed by atoms with Gasteiger partial charge in [-0.15, -0.1) is 4.52 Å². The quantitative estimate of drug-likeness (QED) is 0.471. The average molecular weight is 150 g/mol. The molecule has 4 heteroatoms. The van der Waals surface area contributed by atoms with Crippen LogP contribution in [0, 0.1) is 0 Å². The van der Waals surface area contributed by atoms with Crippen LogP contribution in [0.5, 0.6) is 0 Å². The minimum absolute atomic E-state index is 0.226. The molecule has 0 fully saturated rings. The van der Waals surface area contributed by atoms with Gasteiger partial charge in [0.2, 0.25) is 0 Å². The second-order valence-electron chi connectivity index (χ2n) is 2.05. The van der Waals surface area contributed by atoms with Crippen molar-refractivity contribution in [3.05, 3.63) is 0 Å². The maximum Gasteiger partial charge on any atom is 0.494 e. The van der Waals surface area contributed by atoms with Gasteiger partial charge in [-0.1, -0.05) is 0 Å². The third-order valence-electron chi connectivity index (χ3n) is 0.965. The summed E-state index contributed by atoms with van der Waals surface area (Å²) in [5.74, 6) is 0. The Hall–Kier alpha value is 0.0200. The molecule has 0 radical (unpaired) electrons. The Labute approximate surface area is 56.9 Å². The summed E-state index contributed by atoms with van der Waals surface area (Å²) >= 11 is 0. The van der Waals surface area contributed by atoms with E-state index in [1.54, 1.807) is 0 Å². The van der Waals surface area contributed by atoms with E-state index < -0.39 is 8.69 Å². The van der Waals surface area contributed by atoms with Crippen molar-refractivity contribution in [3.63, 3.8) is 0 Å². The standard InChI is InChI=1S/C5H13NO2P/c1-5(6)3-2-4-8-9-7/h5,9H,2-4,6H2,1H3/q+1. The molecule has 0 aliphatic carbocycles. The van der Waals surface area contributed by atoms with Crippen LogP contribution in [0.2, 0.25) is 0 Å². The Kier molecular flexibility index (Phi) is 6.16. The second kappa shape index (κ2) is 6.14. The molecule has 2 unspecified atom stereocenters. The largest absolute Gasteiger partial charge is 0.494 e. The van der Waals surface area contributed by atoms with Crippen LogP contribution in [0.4, 0.5) is 0 Å². The Bertz CT molecular complexity index is 77.4. The molecule has 0 saturated carbocycles. The summed E-state index contributed by atoms with van der Waals surface area (Å²) in [5.41, 5.74) is 5.44. The lowest BCUT2D eigenvalue weighted by Crippen LogP contribution is -2.14. The summed E-state index contributed by atoms with van der Waals surface area (Å²) in [7, 11) is -0.630. The van der Waals surface area contributed by atoms with Crippen LogP contribution in [-0.2, 0) is 9.09 Å². The van der Waals surface area contributed by atoms with Gasteiger partial charge >= 0.3 is 8.69 Å². The first-order valence-corrected chi connectivity index (χ1v) is 3.83. The van der Waals surface area contributed by atoms with Crippen molar-refractivity contribution in [1.29, 1.82) is 0 Å². The second-order valence-corrected chi connectivity index (χ2v) is 2.51. The first-order chi connectivity index (χ1) is 4.27. The molecule has 0 aromatic rings. The zero-order valence-electron chi connectivity index (χ0n) is 5.59. The van der Waals surface area contributed by atoms with E-state index in [0.29, 0.717) is 6.61 Å². The Balaban J connectivity index is 2.82. The van der Waals surface area contributed by atoms with Gasteiger partial charge in [0.15, 0.2) is 0 Å². The molecule has 0 spiro atoms. The van der Waals surface area contributed by atoms with Crippen molar-refractivity contribution in [2.75, 3.05) is 6.61 Å². The fourth-order valence-electron chi connectivity index (χ4n) is 0.519. The normalized spacial score (nSPS) is 14.0. The van der Waals surface area contributed by atoms with E-state index in [4.69, 9.17) is 5.73 Å². The van der Waals surface area contributed by atoms with E-state index in [0.717, 1.165) is 12.8 Å². The molecule has 0 aromatic heterocycles. The lowest BCUT2D eigenvalue weighted by Gasteiger charge is -1.99. The van der Waals surface area contributed by atoms with Crippen molar-refractivity contribution in [1.82, 2.24) is 0 Å². The third kappa shape index (κ3) is 8.02. The van der Waals surface area contributed by atoms with Gasteiger partial charge < -0.3 is 5.73 Å². The maximum absolute atomic E-state index is 9.75. The van der Waals surface area contributed by atoms with E-state index in [-0.39, 0.29) is 6.04 Å². The molecular weight excluding hydrogens is 137 g/mol. The third-order valence-corrected chi connectivity index (χ3v) is 1.29. The van der Waals surface area contributed by atoms with Crippen LogP contribution < -0.4 is 5.73 Å². The highest BCUT2D eigenvalue weighted by molar-refractivity contribution is 7.17. The number of hydrogen-bond acceptors (Lipinski definition) is 3. The van der Waals surface area contributed by atoms with Gasteiger partial charge in [-0.3, -0.25) is 0 Å². The summed E-state index contributed by atoms with van der Waals surface area (Å²) in [5, 5.41) is 0. The van der Waals surface area contributed by atoms with E-state index in [1.807, 2.05) is 6.92 Å². The molecule has 0 saturated heterocycles. The Morgan fingerprint density at radius 1 is 1.78 bits per heavy atom. The Morgan fingerprint density at radius 3 is 2.89 bits per heavy atom. The van der Waals surface area contributed by atoms with Crippen molar-refractivity contribution in [2.45, 2.75) is 25.8 Å². The molecular formula is C5H13NO2P+. The van der Waals surface area contributed by atoms with E-state index in [1.165, 1.54) is 0 Å². The molecule has 0 aliphatic rings. The number of hydrogen-bond donors (Lipinski definition) is 1.